The lowest BCUT2D eigenvalue weighted by molar-refractivity contribution is 0.282. The van der Waals surface area contributed by atoms with Gasteiger partial charge in [0, 0.05) is 19.4 Å². The van der Waals surface area contributed by atoms with E-state index in [9.17, 15) is 0 Å². The summed E-state index contributed by atoms with van der Waals surface area (Å²) >= 11 is 0. The molecule has 2 nitrogen and oxygen atoms in total. The molecule has 1 rings (SSSR count). The van der Waals surface area contributed by atoms with Crippen molar-refractivity contribution in [3.05, 3.63) is 35.9 Å². The van der Waals surface area contributed by atoms with E-state index in [1.807, 2.05) is 24.4 Å². The van der Waals surface area contributed by atoms with E-state index in [1.54, 1.807) is 0 Å². The molecule has 82 valence electrons. The Balaban J connectivity index is 2.07. The topological polar surface area (TPSA) is 32.6 Å². The zero-order valence-electron chi connectivity index (χ0n) is 9.10. The highest BCUT2D eigenvalue weighted by Crippen LogP contribution is 1.99. The lowest BCUT2D eigenvalue weighted by Gasteiger charge is -1.96. The molecule has 0 bridgehead atoms. The summed E-state index contributed by atoms with van der Waals surface area (Å²) in [5.74, 6) is 0. The number of hydrogen-bond donors (Lipinski definition) is 1. The highest BCUT2D eigenvalue weighted by molar-refractivity contribution is 5.79. The van der Waals surface area contributed by atoms with Crippen molar-refractivity contribution in [3.8, 4) is 0 Å². The minimum atomic E-state index is 0.313. The van der Waals surface area contributed by atoms with E-state index in [1.165, 1.54) is 0 Å². The molecule has 0 radical (unpaired) electrons. The minimum absolute atomic E-state index is 0.313. The molecule has 0 spiro atoms. The summed E-state index contributed by atoms with van der Waals surface area (Å²) in [4.78, 5) is 4.35. The van der Waals surface area contributed by atoms with Gasteiger partial charge < -0.3 is 5.11 Å². The van der Waals surface area contributed by atoms with Crippen molar-refractivity contribution >= 4 is 6.21 Å². The minimum Gasteiger partial charge on any atom is -0.396 e. The molecule has 1 aromatic rings. The number of aliphatic imine (C=N–C) groups is 1. The van der Waals surface area contributed by atoms with Crippen molar-refractivity contribution in [1.82, 2.24) is 0 Å². The van der Waals surface area contributed by atoms with Gasteiger partial charge in [-0.05, 0) is 18.4 Å². The van der Waals surface area contributed by atoms with Crippen LogP contribution in [0.25, 0.3) is 0 Å². The van der Waals surface area contributed by atoms with Gasteiger partial charge in [0.25, 0.3) is 0 Å². The maximum absolute atomic E-state index is 8.59. The molecule has 0 aromatic heterocycles. The molecule has 0 heterocycles. The average molecular weight is 205 g/mol. The summed E-state index contributed by atoms with van der Waals surface area (Å²) in [6.45, 7) is 1.20. The summed E-state index contributed by atoms with van der Waals surface area (Å²) in [5.41, 5.74) is 1.16. The number of benzene rings is 1. The van der Waals surface area contributed by atoms with Gasteiger partial charge in [-0.1, -0.05) is 43.2 Å². The maximum Gasteiger partial charge on any atom is 0.0431 e. The van der Waals surface area contributed by atoms with Gasteiger partial charge in [0.2, 0.25) is 0 Å². The molecule has 0 saturated heterocycles. The summed E-state index contributed by atoms with van der Waals surface area (Å²) in [5, 5.41) is 8.59. The molecule has 0 unspecified atom stereocenters. The van der Waals surface area contributed by atoms with Crippen LogP contribution in [0.15, 0.2) is 35.3 Å². The molecule has 1 aromatic carbocycles. The number of nitrogens with zero attached hydrogens (tertiary/aromatic N) is 1. The third-order valence-electron chi connectivity index (χ3n) is 2.24. The van der Waals surface area contributed by atoms with Crippen LogP contribution in [-0.4, -0.2) is 24.5 Å². The Kier molecular flexibility index (Phi) is 6.50. The predicted octanol–water partition coefficient (Wildman–Crippen LogP) is 2.66. The van der Waals surface area contributed by atoms with E-state index >= 15 is 0 Å². The summed E-state index contributed by atoms with van der Waals surface area (Å²) < 4.78 is 0. The number of aliphatic hydroxyl groups is 1. The van der Waals surface area contributed by atoms with Gasteiger partial charge in [0.15, 0.2) is 0 Å². The maximum atomic E-state index is 8.59. The van der Waals surface area contributed by atoms with Crippen LogP contribution >= 0.6 is 0 Å². The molecule has 0 saturated carbocycles. The van der Waals surface area contributed by atoms with Crippen molar-refractivity contribution in [1.29, 1.82) is 0 Å². The first kappa shape index (κ1) is 11.9. The molecule has 0 aliphatic carbocycles. The first-order valence-electron chi connectivity index (χ1n) is 5.59. The molecule has 15 heavy (non-hydrogen) atoms. The summed E-state index contributed by atoms with van der Waals surface area (Å²) in [7, 11) is 0. The lowest BCUT2D eigenvalue weighted by Crippen LogP contribution is -1.87. The van der Waals surface area contributed by atoms with Crippen LogP contribution in [0.4, 0.5) is 0 Å². The molecule has 0 amide bonds. The fraction of sp³-hybridized carbons (Fsp3) is 0.462. The molecule has 0 atom stereocenters. The molecular weight excluding hydrogens is 186 g/mol. The number of hydrogen-bond acceptors (Lipinski definition) is 2. The Morgan fingerprint density at radius 2 is 1.73 bits per heavy atom. The predicted molar refractivity (Wildman–Crippen MR) is 64.5 cm³/mol. The van der Waals surface area contributed by atoms with Gasteiger partial charge in [-0.2, -0.15) is 0 Å². The average Bonchev–Trinajstić information content (AvgIpc) is 2.29. The number of rotatable bonds is 7. The van der Waals surface area contributed by atoms with Crippen LogP contribution < -0.4 is 0 Å². The molecule has 1 N–H and O–H groups in total. The van der Waals surface area contributed by atoms with Gasteiger partial charge >= 0.3 is 0 Å². The molecule has 2 heteroatoms. The van der Waals surface area contributed by atoms with Crippen LogP contribution in [0.5, 0.6) is 0 Å². The highest BCUT2D eigenvalue weighted by Gasteiger charge is 1.87. The Hall–Kier alpha value is -1.15. The molecular formula is C13H19NO. The normalized spacial score (nSPS) is 11.0. The third kappa shape index (κ3) is 6.02. The second-order valence-corrected chi connectivity index (χ2v) is 3.58. The highest BCUT2D eigenvalue weighted by atomic mass is 16.2. The van der Waals surface area contributed by atoms with Crippen LogP contribution in [0.2, 0.25) is 0 Å². The van der Waals surface area contributed by atoms with E-state index in [0.29, 0.717) is 6.61 Å². The van der Waals surface area contributed by atoms with Gasteiger partial charge in [0.05, 0.1) is 0 Å². The third-order valence-corrected chi connectivity index (χ3v) is 2.24. The smallest absolute Gasteiger partial charge is 0.0431 e. The Morgan fingerprint density at radius 3 is 2.47 bits per heavy atom. The van der Waals surface area contributed by atoms with E-state index in [0.717, 1.165) is 37.8 Å². The van der Waals surface area contributed by atoms with Crippen molar-refractivity contribution in [2.75, 3.05) is 13.2 Å². The van der Waals surface area contributed by atoms with Crippen LogP contribution in [0.1, 0.15) is 31.2 Å². The monoisotopic (exact) mass is 205 g/mol. The molecule has 0 fully saturated rings. The van der Waals surface area contributed by atoms with Crippen molar-refractivity contribution < 1.29 is 5.11 Å². The molecule has 0 aliphatic rings. The fourth-order valence-corrected chi connectivity index (χ4v) is 1.38. The van der Waals surface area contributed by atoms with E-state index in [2.05, 4.69) is 17.1 Å². The first-order chi connectivity index (χ1) is 7.43. The largest absolute Gasteiger partial charge is 0.396 e. The first-order valence-corrected chi connectivity index (χ1v) is 5.59. The quantitative estimate of drug-likeness (QED) is 0.538. The van der Waals surface area contributed by atoms with Gasteiger partial charge in [-0.3, -0.25) is 4.99 Å². The fourth-order valence-electron chi connectivity index (χ4n) is 1.38. The van der Waals surface area contributed by atoms with Crippen LogP contribution in [-0.2, 0) is 0 Å². The van der Waals surface area contributed by atoms with Crippen LogP contribution in [0.3, 0.4) is 0 Å². The number of aliphatic hydroxyl groups excluding tert-OH is 1. The van der Waals surface area contributed by atoms with E-state index in [-0.39, 0.29) is 0 Å². The lowest BCUT2D eigenvalue weighted by atomic mass is 10.2. The standard InChI is InChI=1S/C13H19NO/c15-11-7-2-1-6-10-14-12-13-8-4-3-5-9-13/h3-5,8-9,12,15H,1-2,6-7,10-11H2/b14-12+. The second-order valence-electron chi connectivity index (χ2n) is 3.58. The Bertz CT molecular complexity index is 269. The van der Waals surface area contributed by atoms with Gasteiger partial charge in [-0.15, -0.1) is 0 Å². The van der Waals surface area contributed by atoms with Crippen molar-refractivity contribution in [3.63, 3.8) is 0 Å². The molecule has 0 aliphatic heterocycles. The summed E-state index contributed by atoms with van der Waals surface area (Å²) in [6.07, 6.45) is 6.22. The van der Waals surface area contributed by atoms with Crippen LogP contribution in [0, 0.1) is 0 Å². The Labute approximate surface area is 91.7 Å². The van der Waals surface area contributed by atoms with Crippen molar-refractivity contribution in [2.24, 2.45) is 4.99 Å². The SMILES string of the molecule is OCCCCCC/N=C/c1ccccc1. The second kappa shape index (κ2) is 8.18. The van der Waals surface area contributed by atoms with Gasteiger partial charge in [0.1, 0.15) is 0 Å². The Morgan fingerprint density at radius 1 is 1.00 bits per heavy atom. The van der Waals surface area contributed by atoms with E-state index in [4.69, 9.17) is 5.11 Å². The summed E-state index contributed by atoms with van der Waals surface area (Å²) in [6, 6.07) is 10.1. The van der Waals surface area contributed by atoms with Crippen molar-refractivity contribution in [2.45, 2.75) is 25.7 Å². The van der Waals surface area contributed by atoms with E-state index < -0.39 is 0 Å². The zero-order valence-corrected chi connectivity index (χ0v) is 9.10. The zero-order chi connectivity index (χ0) is 10.8. The number of unbranched alkanes of at least 4 members (excludes halogenated alkanes) is 3. The van der Waals surface area contributed by atoms with Gasteiger partial charge in [-0.25, -0.2) is 0 Å².